The van der Waals surface area contributed by atoms with Crippen LogP contribution < -0.4 is 21.3 Å². The van der Waals surface area contributed by atoms with Crippen molar-refractivity contribution in [1.82, 2.24) is 10.2 Å². The van der Waals surface area contributed by atoms with E-state index in [2.05, 4.69) is 10.6 Å². The molecule has 0 unspecified atom stereocenters. The molecule has 2 saturated heterocycles. The number of ether oxygens (including phenoxy) is 3. The molecule has 2 fully saturated rings. The number of esters is 2. The van der Waals surface area contributed by atoms with Crippen molar-refractivity contribution in [1.29, 1.82) is 0 Å². The Morgan fingerprint density at radius 3 is 2.16 bits per heavy atom. The van der Waals surface area contributed by atoms with Crippen molar-refractivity contribution in [2.75, 3.05) is 16.8 Å². The van der Waals surface area contributed by atoms with Crippen molar-refractivity contribution in [3.63, 3.8) is 0 Å². The van der Waals surface area contributed by atoms with Gasteiger partial charge in [0.1, 0.15) is 25.3 Å². The second-order valence-corrected chi connectivity index (χ2v) is 15.8. The summed E-state index contributed by atoms with van der Waals surface area (Å²) >= 11 is 0. The molecule has 5 aromatic carbocycles. The lowest BCUT2D eigenvalue weighted by Crippen LogP contribution is -2.56. The number of nitrogens with two attached hydrogens (primary N) is 1. The third-order valence-electron chi connectivity index (χ3n) is 12.0. The summed E-state index contributed by atoms with van der Waals surface area (Å²) in [6.45, 7) is 2.72. The molecule has 5 atom stereocenters. The van der Waals surface area contributed by atoms with Gasteiger partial charge in [-0.05, 0) is 59.9 Å². The smallest absolute Gasteiger partial charge is 0.412 e. The highest BCUT2D eigenvalue weighted by Gasteiger charge is 2.68. The largest absolute Gasteiger partial charge is 0.463 e. The molecule has 61 heavy (non-hydrogen) atoms. The Morgan fingerprint density at radius 2 is 1.44 bits per heavy atom. The lowest BCUT2D eigenvalue weighted by Gasteiger charge is -2.35. The van der Waals surface area contributed by atoms with Crippen LogP contribution in [0.3, 0.4) is 0 Å². The third-order valence-corrected chi connectivity index (χ3v) is 12.0. The normalized spacial score (nSPS) is 21.8. The fraction of sp³-hybridized carbons (Fsp3) is 0.234. The highest BCUT2D eigenvalue weighted by atomic mass is 16.6. The van der Waals surface area contributed by atoms with Crippen LogP contribution >= 0.6 is 0 Å². The number of amides is 4. The summed E-state index contributed by atoms with van der Waals surface area (Å²) in [6.07, 6.45) is -2.02. The molecule has 9 rings (SSSR count). The molecule has 0 saturated carbocycles. The Labute approximate surface area is 350 Å². The molecule has 3 heterocycles. The molecule has 0 aromatic heterocycles. The number of hydrogen-bond donors (Lipinski definition) is 3. The SMILES string of the molecule is C[C@H]1C(=O)N2c3ccccc3[C@@]3(C[C@@H](NC(=O)c4ccccc4NC(=O)[C@](C)(N)C(=O)OCC4c5ccccc5-c5ccccc54)C(=O)O3)[C@H]2N1C(=O)OCc1ccccc1. The number of carbonyl (C=O) groups excluding carboxylic acids is 6. The summed E-state index contributed by atoms with van der Waals surface area (Å²) in [5.41, 5.74) is 8.40. The zero-order valence-corrected chi connectivity index (χ0v) is 33.2. The van der Waals surface area contributed by atoms with E-state index in [0.29, 0.717) is 11.3 Å². The van der Waals surface area contributed by atoms with Gasteiger partial charge in [-0.2, -0.15) is 0 Å². The average molecular weight is 820 g/mol. The summed E-state index contributed by atoms with van der Waals surface area (Å²) in [5, 5.41) is 5.34. The van der Waals surface area contributed by atoms with E-state index in [-0.39, 0.29) is 42.7 Å². The minimum Gasteiger partial charge on any atom is -0.463 e. The molecule has 0 bridgehead atoms. The molecule has 1 spiro atoms. The Balaban J connectivity index is 0.907. The molecule has 4 N–H and O–H groups in total. The fourth-order valence-electron chi connectivity index (χ4n) is 8.92. The van der Waals surface area contributed by atoms with Gasteiger partial charge in [0, 0.05) is 17.9 Å². The van der Waals surface area contributed by atoms with Gasteiger partial charge in [-0.1, -0.05) is 109 Å². The van der Waals surface area contributed by atoms with Crippen molar-refractivity contribution in [2.45, 2.75) is 62.2 Å². The predicted molar refractivity (Wildman–Crippen MR) is 222 cm³/mol. The lowest BCUT2D eigenvalue weighted by atomic mass is 9.88. The first kappa shape index (κ1) is 39.2. The monoisotopic (exact) mass is 819 g/mol. The molecule has 1 aliphatic carbocycles. The van der Waals surface area contributed by atoms with Crippen molar-refractivity contribution in [2.24, 2.45) is 5.73 Å². The summed E-state index contributed by atoms with van der Waals surface area (Å²) < 4.78 is 17.6. The van der Waals surface area contributed by atoms with Crippen LogP contribution in [0.5, 0.6) is 0 Å². The maximum atomic E-state index is 14.0. The second-order valence-electron chi connectivity index (χ2n) is 15.8. The van der Waals surface area contributed by atoms with Gasteiger partial charge in [-0.25, -0.2) is 14.4 Å². The molecule has 14 heteroatoms. The first-order valence-electron chi connectivity index (χ1n) is 19.9. The van der Waals surface area contributed by atoms with Crippen LogP contribution in [0, 0.1) is 0 Å². The molecule has 0 radical (unpaired) electrons. The molecular formula is C47H41N5O9. The number of fused-ring (bicyclic) bond motifs is 8. The van der Waals surface area contributed by atoms with Gasteiger partial charge in [0.2, 0.25) is 0 Å². The number of para-hydroxylation sites is 2. The minimum absolute atomic E-state index is 0.0224. The van der Waals surface area contributed by atoms with Crippen LogP contribution in [0.25, 0.3) is 11.1 Å². The number of carbonyl (C=O) groups is 6. The van der Waals surface area contributed by atoms with Gasteiger partial charge in [0.05, 0.1) is 16.9 Å². The number of rotatable bonds is 9. The van der Waals surface area contributed by atoms with Gasteiger partial charge in [-0.15, -0.1) is 0 Å². The second kappa shape index (κ2) is 15.1. The molecule has 4 amide bonds. The van der Waals surface area contributed by atoms with Crippen molar-refractivity contribution >= 4 is 47.1 Å². The van der Waals surface area contributed by atoms with E-state index in [0.717, 1.165) is 27.8 Å². The highest BCUT2D eigenvalue weighted by molar-refractivity contribution is 6.14. The highest BCUT2D eigenvalue weighted by Crippen LogP contribution is 2.55. The van der Waals surface area contributed by atoms with E-state index < -0.39 is 59.2 Å². The van der Waals surface area contributed by atoms with Gasteiger partial charge in [0.25, 0.3) is 17.7 Å². The van der Waals surface area contributed by atoms with E-state index in [1.54, 1.807) is 55.5 Å². The number of nitrogens with one attached hydrogen (secondary N) is 2. The van der Waals surface area contributed by atoms with Crippen LogP contribution in [-0.4, -0.2) is 71.0 Å². The Morgan fingerprint density at radius 1 is 0.820 bits per heavy atom. The van der Waals surface area contributed by atoms with Crippen LogP contribution in [-0.2, 0) is 45.6 Å². The van der Waals surface area contributed by atoms with E-state index in [4.69, 9.17) is 19.9 Å². The average Bonchev–Trinajstić information content (AvgIpc) is 3.95. The molecular weight excluding hydrogens is 779 g/mol. The Hall–Kier alpha value is -7.32. The van der Waals surface area contributed by atoms with Crippen LogP contribution in [0.15, 0.2) is 127 Å². The molecule has 3 aliphatic heterocycles. The maximum Gasteiger partial charge on any atom is 0.412 e. The van der Waals surface area contributed by atoms with Crippen LogP contribution in [0.2, 0.25) is 0 Å². The van der Waals surface area contributed by atoms with Gasteiger partial charge in [-0.3, -0.25) is 24.2 Å². The van der Waals surface area contributed by atoms with Gasteiger partial charge < -0.3 is 30.6 Å². The Kier molecular flexibility index (Phi) is 9.66. The van der Waals surface area contributed by atoms with Crippen molar-refractivity contribution in [3.8, 4) is 11.1 Å². The Bertz CT molecular complexity index is 2590. The lowest BCUT2D eigenvalue weighted by molar-refractivity contribution is -0.154. The number of hydrogen-bond acceptors (Lipinski definition) is 10. The quantitative estimate of drug-likeness (QED) is 0.0995. The summed E-state index contributed by atoms with van der Waals surface area (Å²) in [4.78, 5) is 85.3. The van der Waals surface area contributed by atoms with Crippen molar-refractivity contribution < 1.29 is 43.0 Å². The number of benzene rings is 5. The molecule has 14 nitrogen and oxygen atoms in total. The van der Waals surface area contributed by atoms with E-state index >= 15 is 0 Å². The summed E-state index contributed by atoms with van der Waals surface area (Å²) in [7, 11) is 0. The summed E-state index contributed by atoms with van der Waals surface area (Å²) in [6, 6.07) is 35.6. The topological polar surface area (TPSA) is 187 Å². The molecule has 4 aliphatic rings. The number of anilines is 2. The first-order valence-corrected chi connectivity index (χ1v) is 19.9. The van der Waals surface area contributed by atoms with E-state index in [1.165, 1.54) is 28.9 Å². The third kappa shape index (κ3) is 6.46. The summed E-state index contributed by atoms with van der Waals surface area (Å²) in [5.74, 6) is -4.06. The predicted octanol–water partition coefficient (Wildman–Crippen LogP) is 5.35. The van der Waals surface area contributed by atoms with Gasteiger partial charge >= 0.3 is 18.0 Å². The van der Waals surface area contributed by atoms with E-state index in [1.807, 2.05) is 66.7 Å². The fourth-order valence-corrected chi connectivity index (χ4v) is 8.92. The number of nitrogens with zero attached hydrogens (tertiary/aromatic N) is 2. The maximum absolute atomic E-state index is 14.0. The zero-order valence-electron chi connectivity index (χ0n) is 33.2. The van der Waals surface area contributed by atoms with Crippen LogP contribution in [0.1, 0.15) is 58.8 Å². The first-order chi connectivity index (χ1) is 29.4. The molecule has 308 valence electrons. The van der Waals surface area contributed by atoms with Gasteiger partial charge in [0.15, 0.2) is 17.3 Å². The van der Waals surface area contributed by atoms with E-state index in [9.17, 15) is 28.8 Å². The standard InChI is InChI=1S/C47H41N5O9/c1-27-40(54)52-38-23-13-11-21-35(38)47(43(52)51(27)45(58)60-25-28-14-4-3-5-15-28)24-37(41(55)61-47)49-39(53)33-20-10-12-22-36(33)50-42(56)46(2,48)44(57)59-26-34-31-18-8-6-16-29(31)30-17-7-9-19-32(30)34/h3-23,27,34,37,43H,24-26,48H2,1-2H3,(H,49,53)(H,50,56)/t27-,37+,43-,46-,47-/m0/s1. The van der Waals surface area contributed by atoms with Crippen LogP contribution in [0.4, 0.5) is 16.2 Å². The molecule has 5 aromatic rings. The minimum atomic E-state index is -2.16. The zero-order chi connectivity index (χ0) is 42.6. The van der Waals surface area contributed by atoms with Crippen molar-refractivity contribution in [3.05, 3.63) is 155 Å².